The van der Waals surface area contributed by atoms with Gasteiger partial charge in [0.2, 0.25) is 0 Å². The molecule has 82 valence electrons. The van der Waals surface area contributed by atoms with E-state index in [-0.39, 0.29) is 26.3 Å². The van der Waals surface area contributed by atoms with Crippen molar-refractivity contribution in [2.45, 2.75) is 31.7 Å². The van der Waals surface area contributed by atoms with Gasteiger partial charge in [-0.15, -0.1) is 0 Å². The quantitative estimate of drug-likeness (QED) is 0.386. The Morgan fingerprint density at radius 2 is 1.60 bits per heavy atom. The summed E-state index contributed by atoms with van der Waals surface area (Å²) < 4.78 is 0. The largest absolute Gasteiger partial charge is 1.00 e. The number of carbonyl (C=O) groups is 1. The molecule has 2 aliphatic heterocycles. The van der Waals surface area contributed by atoms with Crippen LogP contribution in [0.2, 0.25) is 0 Å². The number of aldehydes is 1. The van der Waals surface area contributed by atoms with Crippen molar-refractivity contribution in [3.63, 3.8) is 0 Å². The van der Waals surface area contributed by atoms with E-state index in [0.717, 1.165) is 25.9 Å². The maximum absolute atomic E-state index is 11.0. The molecule has 3 nitrogen and oxygen atoms in total. The number of hydrogen-bond donors (Lipinski definition) is 0. The fraction of sp³-hybridized carbons (Fsp3) is 0.909. The van der Waals surface area contributed by atoms with Crippen LogP contribution in [0.4, 0.5) is 0 Å². The Morgan fingerprint density at radius 3 is 2.13 bits per heavy atom. The van der Waals surface area contributed by atoms with E-state index in [1.54, 1.807) is 0 Å². The molecule has 1 unspecified atom stereocenters. The third-order valence-corrected chi connectivity index (χ3v) is 3.41. The fourth-order valence-electron chi connectivity index (χ4n) is 2.55. The summed E-state index contributed by atoms with van der Waals surface area (Å²) >= 11 is 0. The summed E-state index contributed by atoms with van der Waals surface area (Å²) in [6, 6.07) is 0.163. The van der Waals surface area contributed by atoms with Crippen LogP contribution >= 0.6 is 0 Å². The van der Waals surface area contributed by atoms with Crippen molar-refractivity contribution in [1.29, 1.82) is 0 Å². The van der Waals surface area contributed by atoms with Crippen LogP contribution < -0.4 is 18.9 Å². The maximum atomic E-state index is 11.0. The molecule has 0 bridgehead atoms. The summed E-state index contributed by atoms with van der Waals surface area (Å²) in [7, 11) is 0. The molecule has 15 heavy (non-hydrogen) atoms. The Balaban J connectivity index is 0.00000112. The third kappa shape index (κ3) is 3.60. The zero-order valence-corrected chi connectivity index (χ0v) is 9.82. The molecule has 0 aliphatic carbocycles. The monoisotopic (exact) mass is 204 g/mol. The molecule has 0 saturated carbocycles. The van der Waals surface area contributed by atoms with Crippen LogP contribution in [0.1, 0.15) is 27.1 Å². The van der Waals surface area contributed by atoms with E-state index in [1.165, 1.54) is 38.8 Å². The minimum atomic E-state index is 0. The van der Waals surface area contributed by atoms with Crippen LogP contribution in [-0.4, -0.2) is 54.9 Å². The minimum absolute atomic E-state index is 0. The first-order chi connectivity index (χ1) is 6.90. The van der Waals surface area contributed by atoms with E-state index in [4.69, 9.17) is 0 Å². The van der Waals surface area contributed by atoms with Crippen molar-refractivity contribution in [2.24, 2.45) is 0 Å². The van der Waals surface area contributed by atoms with Crippen molar-refractivity contribution in [3.05, 3.63) is 0 Å². The molecule has 0 aromatic heterocycles. The van der Waals surface area contributed by atoms with Crippen LogP contribution in [0, 0.1) is 0 Å². The van der Waals surface area contributed by atoms with Crippen molar-refractivity contribution in [1.82, 2.24) is 9.80 Å². The standard InChI is InChI=1S/C11H20N2O.Li.H/c14-10-11(13-7-3-4-8-13)9-12-5-1-2-6-12;;/h10-11H,1-9H2;;/q;+1;-1. The Hall–Kier alpha value is 0.187. The van der Waals surface area contributed by atoms with Gasteiger partial charge in [0.05, 0.1) is 6.04 Å². The Kier molecular flexibility index (Phi) is 5.92. The van der Waals surface area contributed by atoms with E-state index in [1.807, 2.05) is 0 Å². The van der Waals surface area contributed by atoms with E-state index in [9.17, 15) is 4.79 Å². The van der Waals surface area contributed by atoms with Gasteiger partial charge in [-0.3, -0.25) is 4.90 Å². The molecule has 2 heterocycles. The molecule has 2 saturated heterocycles. The number of hydrogen-bond acceptors (Lipinski definition) is 3. The SMILES string of the molecule is O=CC(CN1CCCC1)N1CCCC1.[H-].[Li+]. The average Bonchev–Trinajstić information content (AvgIpc) is 2.86. The van der Waals surface area contributed by atoms with Gasteiger partial charge in [-0.2, -0.15) is 0 Å². The van der Waals surface area contributed by atoms with Crippen molar-refractivity contribution in [2.75, 3.05) is 32.7 Å². The molecule has 2 rings (SSSR count). The van der Waals surface area contributed by atoms with E-state index in [0.29, 0.717) is 0 Å². The summed E-state index contributed by atoms with van der Waals surface area (Å²) in [5, 5.41) is 0. The van der Waals surface area contributed by atoms with Gasteiger partial charge in [0.1, 0.15) is 6.29 Å². The first-order valence-corrected chi connectivity index (χ1v) is 5.82. The Bertz CT molecular complexity index is 194. The van der Waals surface area contributed by atoms with E-state index in [2.05, 4.69) is 9.80 Å². The second kappa shape index (κ2) is 6.70. The second-order valence-electron chi connectivity index (χ2n) is 4.45. The molecule has 0 aromatic carbocycles. The van der Waals surface area contributed by atoms with Gasteiger partial charge in [-0.25, -0.2) is 0 Å². The Labute approximate surface area is 106 Å². The third-order valence-electron chi connectivity index (χ3n) is 3.41. The summed E-state index contributed by atoms with van der Waals surface area (Å²) in [4.78, 5) is 15.8. The summed E-state index contributed by atoms with van der Waals surface area (Å²) in [5.74, 6) is 0. The van der Waals surface area contributed by atoms with Crippen LogP contribution in [0.5, 0.6) is 0 Å². The van der Waals surface area contributed by atoms with Crippen molar-refractivity contribution >= 4 is 6.29 Å². The normalized spacial score (nSPS) is 25.1. The van der Waals surface area contributed by atoms with Gasteiger partial charge < -0.3 is 11.1 Å². The van der Waals surface area contributed by atoms with Crippen molar-refractivity contribution < 1.29 is 25.1 Å². The van der Waals surface area contributed by atoms with Gasteiger partial charge in [-0.1, -0.05) is 0 Å². The van der Waals surface area contributed by atoms with E-state index < -0.39 is 0 Å². The topological polar surface area (TPSA) is 23.6 Å². The Morgan fingerprint density at radius 1 is 1.07 bits per heavy atom. The molecular weight excluding hydrogens is 183 g/mol. The second-order valence-corrected chi connectivity index (χ2v) is 4.45. The van der Waals surface area contributed by atoms with Gasteiger partial charge in [0.25, 0.3) is 0 Å². The predicted octanol–water partition coefficient (Wildman–Crippen LogP) is -2.14. The van der Waals surface area contributed by atoms with Gasteiger partial charge >= 0.3 is 18.9 Å². The number of likely N-dealkylation sites (tertiary alicyclic amines) is 2. The molecule has 0 aromatic rings. The molecule has 0 N–H and O–H groups in total. The summed E-state index contributed by atoms with van der Waals surface area (Å²) in [5.41, 5.74) is 0. The van der Waals surface area contributed by atoms with Crippen LogP contribution in [0.25, 0.3) is 0 Å². The minimum Gasteiger partial charge on any atom is -1.00 e. The molecule has 0 amide bonds. The van der Waals surface area contributed by atoms with Crippen LogP contribution in [0.15, 0.2) is 0 Å². The predicted molar refractivity (Wildman–Crippen MR) is 57.4 cm³/mol. The maximum Gasteiger partial charge on any atom is 1.00 e. The van der Waals surface area contributed by atoms with Crippen LogP contribution in [0.3, 0.4) is 0 Å². The number of rotatable bonds is 4. The number of carbonyl (C=O) groups excluding carboxylic acids is 1. The first kappa shape index (κ1) is 13.3. The first-order valence-electron chi connectivity index (χ1n) is 5.82. The van der Waals surface area contributed by atoms with Crippen molar-refractivity contribution in [3.8, 4) is 0 Å². The fourth-order valence-corrected chi connectivity index (χ4v) is 2.55. The summed E-state index contributed by atoms with van der Waals surface area (Å²) in [6.45, 7) is 5.59. The van der Waals surface area contributed by atoms with Crippen LogP contribution in [-0.2, 0) is 4.79 Å². The number of nitrogens with zero attached hydrogens (tertiary/aromatic N) is 2. The van der Waals surface area contributed by atoms with Gasteiger partial charge in [0, 0.05) is 6.54 Å². The smallest absolute Gasteiger partial charge is 1.00 e. The summed E-state index contributed by atoms with van der Waals surface area (Å²) in [6.07, 6.45) is 6.30. The molecule has 0 radical (unpaired) electrons. The molecule has 2 fully saturated rings. The average molecular weight is 204 g/mol. The zero-order valence-electron chi connectivity index (χ0n) is 10.8. The molecule has 1 atom stereocenters. The molecular formula is C11H21LiN2O. The van der Waals surface area contributed by atoms with Gasteiger partial charge in [-0.05, 0) is 51.9 Å². The van der Waals surface area contributed by atoms with E-state index >= 15 is 0 Å². The molecule has 2 aliphatic rings. The zero-order chi connectivity index (χ0) is 9.80. The van der Waals surface area contributed by atoms with Gasteiger partial charge in [0.15, 0.2) is 0 Å². The molecule has 0 spiro atoms. The molecule has 4 heteroatoms.